The van der Waals surface area contributed by atoms with Crippen LogP contribution in [0.15, 0.2) is 0 Å². The molecule has 14 heavy (non-hydrogen) atoms. The molecule has 0 spiro atoms. The fraction of sp³-hybridized carbons (Fsp3) is 0.400. The normalized spacial score (nSPS) is 7.57. The molecule has 72 valence electrons. The van der Waals surface area contributed by atoms with E-state index in [0.717, 1.165) is 0 Å². The van der Waals surface area contributed by atoms with Gasteiger partial charge < -0.3 is 12.3 Å². The summed E-state index contributed by atoms with van der Waals surface area (Å²) in [4.78, 5) is 31.2. The van der Waals surface area contributed by atoms with Crippen molar-refractivity contribution in [2.45, 2.75) is 0 Å². The second kappa shape index (κ2) is 12.4. The summed E-state index contributed by atoms with van der Waals surface area (Å²) in [5.41, 5.74) is 0. The third kappa shape index (κ3) is 11.4. The largest absolute Gasteiger partial charge is 1.00 e. The van der Waals surface area contributed by atoms with E-state index < -0.39 is 18.1 Å². The molecule has 0 saturated carbocycles. The summed E-state index contributed by atoms with van der Waals surface area (Å²) in [6.07, 6.45) is -1.35. The number of carbonyl (C=O) groups excluding carboxylic acids is 3. The molecule has 0 rings (SSSR count). The minimum absolute atomic E-state index is 0. The summed E-state index contributed by atoms with van der Waals surface area (Å²) in [6, 6.07) is 0. The maximum atomic E-state index is 10.4. The van der Waals surface area contributed by atoms with Crippen molar-refractivity contribution in [1.29, 1.82) is 0 Å². The topological polar surface area (TPSA) is 69.7 Å². The summed E-state index contributed by atoms with van der Waals surface area (Å²) in [5.74, 6) is -2.28. The average molecular weight is 258 g/mol. The van der Waals surface area contributed by atoms with Gasteiger partial charge in [0, 0.05) is 0 Å². The van der Waals surface area contributed by atoms with Crippen molar-refractivity contribution in [2.75, 3.05) is 11.5 Å². The zero-order valence-corrected chi connectivity index (χ0v) is 13.6. The number of carbonyl (C=O) groups is 3. The van der Waals surface area contributed by atoms with Gasteiger partial charge in [0.15, 0.2) is 0 Å². The summed E-state index contributed by atoms with van der Waals surface area (Å²) in [5, 5.41) is 0. The first-order valence-electron chi connectivity index (χ1n) is 2.77. The molecule has 0 aromatic heterocycles. The Morgan fingerprint density at radius 3 is 1.43 bits per heavy atom. The Kier molecular flexibility index (Phi) is 18.3. The van der Waals surface area contributed by atoms with Crippen LogP contribution in [0.1, 0.15) is 2.85 Å². The van der Waals surface area contributed by atoms with Gasteiger partial charge in [0.1, 0.15) is 0 Å². The van der Waals surface area contributed by atoms with E-state index in [1.54, 1.807) is 0 Å². The van der Waals surface area contributed by atoms with E-state index in [0.29, 0.717) is 0 Å². The van der Waals surface area contributed by atoms with E-state index in [9.17, 15) is 14.4 Å². The van der Waals surface area contributed by atoms with E-state index in [-0.39, 0.29) is 73.5 Å². The predicted molar refractivity (Wildman–Crippen MR) is 47.5 cm³/mol. The number of rotatable bonds is 2. The van der Waals surface area contributed by atoms with Gasteiger partial charge in [-0.15, -0.1) is 0 Å². The quantitative estimate of drug-likeness (QED) is 0.224. The molecule has 0 heterocycles. The van der Waals surface area contributed by atoms with Crippen LogP contribution >= 0.6 is 25.3 Å². The molecule has 0 radical (unpaired) electrons. The zero-order valence-electron chi connectivity index (χ0n) is 9.85. The number of thiol groups is 2. The van der Waals surface area contributed by atoms with Gasteiger partial charge in [-0.05, 0) is 0 Å². The van der Waals surface area contributed by atoms with Gasteiger partial charge in [0.25, 0.3) is 0 Å². The van der Waals surface area contributed by atoms with Gasteiger partial charge in [-0.25, -0.2) is 4.79 Å². The summed E-state index contributed by atoms with van der Waals surface area (Å²) >= 11 is 7.04. The molecule has 0 aromatic carbocycles. The molecule has 0 aromatic rings. The summed E-state index contributed by atoms with van der Waals surface area (Å²) in [6.45, 7) is 0. The Hall–Kier alpha value is 1.31. The molecule has 0 unspecified atom stereocenters. The van der Waals surface area contributed by atoms with Crippen molar-refractivity contribution >= 4 is 43.4 Å². The van der Waals surface area contributed by atoms with E-state index in [4.69, 9.17) is 0 Å². The van der Waals surface area contributed by atoms with Gasteiger partial charge in [0.2, 0.25) is 0 Å². The first kappa shape index (κ1) is 20.7. The number of ether oxygens (including phenoxy) is 2. The summed E-state index contributed by atoms with van der Waals surface area (Å²) in [7, 11) is 0. The van der Waals surface area contributed by atoms with E-state index in [2.05, 4.69) is 34.7 Å². The molecule has 5 nitrogen and oxygen atoms in total. The van der Waals surface area contributed by atoms with E-state index in [1.165, 1.54) is 0 Å². The minimum atomic E-state index is -1.35. The molecular formula is C5H8Na2O5S2. The minimum Gasteiger partial charge on any atom is -1.00 e. The molecule has 9 heteroatoms. The van der Waals surface area contributed by atoms with Crippen LogP contribution in [0.4, 0.5) is 4.79 Å². The second-order valence-electron chi connectivity index (χ2n) is 1.51. The molecule has 0 bridgehead atoms. The Morgan fingerprint density at radius 2 is 1.21 bits per heavy atom. The third-order valence-corrected chi connectivity index (χ3v) is 1.17. The van der Waals surface area contributed by atoms with Gasteiger partial charge in [-0.2, -0.15) is 25.3 Å². The second-order valence-corrected chi connectivity index (χ2v) is 2.15. The van der Waals surface area contributed by atoms with Crippen LogP contribution in [0.5, 0.6) is 0 Å². The molecule has 0 aliphatic carbocycles. The van der Waals surface area contributed by atoms with E-state index >= 15 is 0 Å². The van der Waals surface area contributed by atoms with Crippen LogP contribution in [0.25, 0.3) is 0 Å². The number of hydrogen-bond donors (Lipinski definition) is 2. The third-order valence-electron chi connectivity index (χ3n) is 0.653. The summed E-state index contributed by atoms with van der Waals surface area (Å²) < 4.78 is 7.88. The van der Waals surface area contributed by atoms with Gasteiger partial charge in [-0.3, -0.25) is 9.59 Å². The fourth-order valence-corrected chi connectivity index (χ4v) is 0.400. The van der Waals surface area contributed by atoms with Crippen LogP contribution in [-0.2, 0) is 19.1 Å². The maximum absolute atomic E-state index is 10.4. The monoisotopic (exact) mass is 258 g/mol. The Balaban J connectivity index is -0.000000101. The predicted octanol–water partition coefficient (Wildman–Crippen LogP) is -5.71. The average Bonchev–Trinajstić information content (AvgIpc) is 2.03. The van der Waals surface area contributed by atoms with Gasteiger partial charge in [-0.1, -0.05) is 0 Å². The first-order chi connectivity index (χ1) is 5.60. The van der Waals surface area contributed by atoms with Crippen molar-refractivity contribution in [3.8, 4) is 0 Å². The molecule has 0 aliphatic heterocycles. The molecular weight excluding hydrogens is 250 g/mol. The van der Waals surface area contributed by atoms with Crippen LogP contribution in [0.2, 0.25) is 0 Å². The van der Waals surface area contributed by atoms with Crippen molar-refractivity contribution in [3.05, 3.63) is 0 Å². The molecule has 0 saturated heterocycles. The fourth-order valence-electron chi connectivity index (χ4n) is 0.271. The van der Waals surface area contributed by atoms with Crippen molar-refractivity contribution < 1.29 is 85.8 Å². The van der Waals surface area contributed by atoms with Crippen LogP contribution in [-0.4, -0.2) is 29.6 Å². The Bertz CT molecular complexity index is 199. The molecule has 0 aliphatic rings. The number of hydrogen-bond acceptors (Lipinski definition) is 7. The Morgan fingerprint density at radius 1 is 0.929 bits per heavy atom. The maximum Gasteiger partial charge on any atom is 1.00 e. The van der Waals surface area contributed by atoms with Gasteiger partial charge in [0.05, 0.1) is 11.5 Å². The van der Waals surface area contributed by atoms with Crippen molar-refractivity contribution in [2.24, 2.45) is 0 Å². The molecule has 0 atom stereocenters. The number of esters is 2. The molecule has 0 fully saturated rings. The molecule has 0 N–H and O–H groups in total. The first-order valence-corrected chi connectivity index (χ1v) is 4.03. The smallest absolute Gasteiger partial charge is 1.00 e. The van der Waals surface area contributed by atoms with Gasteiger partial charge >= 0.3 is 77.2 Å². The van der Waals surface area contributed by atoms with Crippen molar-refractivity contribution in [3.63, 3.8) is 0 Å². The zero-order chi connectivity index (χ0) is 9.56. The standard InChI is InChI=1S/C5H6O5S2.2Na.2H/c6-3(1-11)9-5(8)10-4(7)2-12;;;;/h11-12H,1-2H2;;;;/q;2*+1;2*-1. The molecule has 0 amide bonds. The van der Waals surface area contributed by atoms with Crippen LogP contribution in [0, 0.1) is 0 Å². The van der Waals surface area contributed by atoms with Crippen molar-refractivity contribution in [1.82, 2.24) is 0 Å². The Labute approximate surface area is 139 Å². The van der Waals surface area contributed by atoms with Crippen LogP contribution in [0.3, 0.4) is 0 Å². The van der Waals surface area contributed by atoms with E-state index in [1.807, 2.05) is 0 Å². The SMILES string of the molecule is O=C(CS)OC(=O)OC(=O)CS.[H-].[H-].[Na+].[Na+]. The van der Waals surface area contributed by atoms with Crippen LogP contribution < -0.4 is 59.1 Å².